The molecule has 0 aliphatic rings. The first-order valence-corrected chi connectivity index (χ1v) is 14.9. The minimum atomic E-state index is -0.314. The van der Waals surface area contributed by atoms with Crippen LogP contribution in [0.4, 0.5) is 0 Å². The molecule has 0 aliphatic carbocycles. The summed E-state index contributed by atoms with van der Waals surface area (Å²) in [6, 6.07) is 0. The molecular weight excluding hydrogens is 272 g/mol. The summed E-state index contributed by atoms with van der Waals surface area (Å²) in [6.07, 6.45) is 0. The van der Waals surface area contributed by atoms with Crippen molar-refractivity contribution in [2.24, 2.45) is 0 Å². The molecule has 0 aliphatic heterocycles. The molecule has 0 heterocycles. The fraction of sp³-hybridized carbons (Fsp3) is 1.00. The normalized spacial score (nSPS) is 10.5. The van der Waals surface area contributed by atoms with Crippen LogP contribution in [0.2, 0.25) is 0 Å². The van der Waals surface area contributed by atoms with Crippen LogP contribution in [-0.2, 0) is 0 Å². The molecule has 0 unspecified atom stereocenters. The predicted molar refractivity (Wildman–Crippen MR) is 31.6 cm³/mol. The Hall–Kier alpha value is 1.49. The summed E-state index contributed by atoms with van der Waals surface area (Å²) in [6.45, 7) is 0. The van der Waals surface area contributed by atoms with Crippen LogP contribution < -0.4 is 3.54 Å². The Morgan fingerprint density at radius 2 is 2.25 bits per heavy atom. The van der Waals surface area contributed by atoms with Crippen molar-refractivity contribution >= 4 is 36.1 Å². The van der Waals surface area contributed by atoms with Crippen LogP contribution in [0.3, 0.4) is 0 Å². The van der Waals surface area contributed by atoms with Gasteiger partial charge in [-0.1, -0.05) is 0 Å². The van der Waals surface area contributed by atoms with E-state index in [1.807, 2.05) is 7.05 Å². The SMILES string of the molecule is C[NH][SnH2][I]. The molecule has 4 heavy (non-hydrogen) atoms. The van der Waals surface area contributed by atoms with Gasteiger partial charge in [-0.15, -0.1) is 0 Å². The van der Waals surface area contributed by atoms with Gasteiger partial charge in [0, 0.05) is 0 Å². The summed E-state index contributed by atoms with van der Waals surface area (Å²) in [4.78, 5) is 0. The van der Waals surface area contributed by atoms with Gasteiger partial charge in [0.2, 0.25) is 0 Å². The van der Waals surface area contributed by atoms with E-state index in [0.717, 1.165) is 0 Å². The van der Waals surface area contributed by atoms with E-state index < -0.39 is 0 Å². The van der Waals surface area contributed by atoms with Crippen LogP contribution in [0.5, 0.6) is 0 Å². The van der Waals surface area contributed by atoms with Gasteiger partial charge in [0.05, 0.1) is 0 Å². The van der Waals surface area contributed by atoms with E-state index >= 15 is 0 Å². The van der Waals surface area contributed by atoms with Crippen molar-refractivity contribution in [1.82, 2.24) is 3.54 Å². The van der Waals surface area contributed by atoms with E-state index in [9.17, 15) is 0 Å². The molecule has 0 rings (SSSR count). The van der Waals surface area contributed by atoms with Gasteiger partial charge in [0.15, 0.2) is 0 Å². The summed E-state index contributed by atoms with van der Waals surface area (Å²) in [5, 5.41) is 0. The van der Waals surface area contributed by atoms with E-state index in [1.165, 1.54) is 0 Å². The van der Waals surface area contributed by atoms with Crippen LogP contribution in [0.15, 0.2) is 0 Å². The third kappa shape index (κ3) is 3.49. The number of rotatable bonds is 1. The number of hydrogen-bond acceptors (Lipinski definition) is 1. The zero-order valence-corrected chi connectivity index (χ0v) is 8.78. The number of halogens is 1. The third-order valence-electron chi connectivity index (χ3n) is 0.134. The van der Waals surface area contributed by atoms with Gasteiger partial charge < -0.3 is 0 Å². The van der Waals surface area contributed by atoms with E-state index in [-0.39, 0.29) is 17.4 Å². The minimum absolute atomic E-state index is 0.314. The van der Waals surface area contributed by atoms with Gasteiger partial charge in [-0.2, -0.15) is 0 Å². The van der Waals surface area contributed by atoms with Gasteiger partial charge in [-0.3, -0.25) is 0 Å². The molecule has 1 nitrogen and oxygen atoms in total. The van der Waals surface area contributed by atoms with E-state index in [0.29, 0.717) is 0 Å². The quantitative estimate of drug-likeness (QED) is 0.510. The van der Waals surface area contributed by atoms with E-state index in [4.69, 9.17) is 0 Å². The molecule has 0 bridgehead atoms. The molecule has 0 amide bonds. The Balaban J connectivity index is 1.97. The van der Waals surface area contributed by atoms with Crippen molar-refractivity contribution in [2.75, 3.05) is 7.05 Å². The van der Waals surface area contributed by atoms with Crippen molar-refractivity contribution in [3.63, 3.8) is 0 Å². The van der Waals surface area contributed by atoms with Crippen molar-refractivity contribution in [2.45, 2.75) is 0 Å². The standard InChI is InChI=1S/CH4N.HI.Sn.2H/c1-2;;;;/h2H,1H3;1H;;;/q-1;;+2;;/p-1. The second-order valence-electron chi connectivity index (χ2n) is 0.487. The first kappa shape index (κ1) is 5.49. The topological polar surface area (TPSA) is 12.0 Å². The molecule has 0 saturated carbocycles. The second kappa shape index (κ2) is 4.49. The molecular formula is CH6INSn. The molecule has 0 spiro atoms. The molecule has 0 atom stereocenters. The second-order valence-corrected chi connectivity index (χ2v) is 8.39. The summed E-state index contributed by atoms with van der Waals surface area (Å²) >= 11 is 2.14. The summed E-state index contributed by atoms with van der Waals surface area (Å²) in [7, 11) is 2.02. The molecule has 1 N–H and O–H groups in total. The predicted octanol–water partition coefficient (Wildman–Crippen LogP) is -0.360. The molecule has 26 valence electrons. The monoisotopic (exact) mass is 279 g/mol. The van der Waals surface area contributed by atoms with Crippen LogP contribution in [0.25, 0.3) is 0 Å². The number of nitrogens with one attached hydrogen (secondary N) is 1. The molecule has 0 saturated heterocycles. The fourth-order valence-electron chi connectivity index (χ4n) is 0. The van der Waals surface area contributed by atoms with Crippen molar-refractivity contribution in [3.05, 3.63) is 0 Å². The Labute approximate surface area is 46.3 Å². The van der Waals surface area contributed by atoms with Gasteiger partial charge >= 0.3 is 46.7 Å². The molecule has 0 radical (unpaired) electrons. The Morgan fingerprint density at radius 3 is 2.25 bits per heavy atom. The molecule has 0 aromatic rings. The molecule has 0 fully saturated rings. The van der Waals surface area contributed by atoms with Crippen LogP contribution in [-0.4, -0.2) is 24.5 Å². The van der Waals surface area contributed by atoms with Gasteiger partial charge in [0.1, 0.15) is 0 Å². The average Bonchev–Trinajstić information content (AvgIpc) is 1.37. The molecule has 0 aromatic carbocycles. The maximum absolute atomic E-state index is 3.13. The van der Waals surface area contributed by atoms with Gasteiger partial charge in [-0.25, -0.2) is 0 Å². The third-order valence-corrected chi connectivity index (χ3v) is 6.01. The van der Waals surface area contributed by atoms with Gasteiger partial charge in [0.25, 0.3) is 0 Å². The van der Waals surface area contributed by atoms with E-state index in [1.54, 1.807) is 0 Å². The van der Waals surface area contributed by atoms with Crippen LogP contribution in [0, 0.1) is 0 Å². The fourth-order valence-corrected chi connectivity index (χ4v) is 0. The Bertz CT molecular complexity index is 10.0. The zero-order valence-electron chi connectivity index (χ0n) is 2.59. The summed E-state index contributed by atoms with van der Waals surface area (Å²) < 4.78 is 3.13. The maximum atomic E-state index is 3.13. The zero-order chi connectivity index (χ0) is 3.41. The Kier molecular flexibility index (Phi) is 6.16. The van der Waals surface area contributed by atoms with Crippen molar-refractivity contribution in [3.8, 4) is 0 Å². The van der Waals surface area contributed by atoms with Crippen molar-refractivity contribution < 1.29 is 0 Å². The average molecular weight is 278 g/mol. The first-order valence-electron chi connectivity index (χ1n) is 1.12. The van der Waals surface area contributed by atoms with Gasteiger partial charge in [-0.05, 0) is 0 Å². The van der Waals surface area contributed by atoms with E-state index in [2.05, 4.69) is 22.2 Å². The van der Waals surface area contributed by atoms with Crippen molar-refractivity contribution in [1.29, 1.82) is 0 Å². The van der Waals surface area contributed by atoms with Crippen LogP contribution >= 0.6 is 18.6 Å². The summed E-state index contributed by atoms with van der Waals surface area (Å²) in [5.41, 5.74) is 0. The van der Waals surface area contributed by atoms with Crippen LogP contribution in [0.1, 0.15) is 0 Å². The summed E-state index contributed by atoms with van der Waals surface area (Å²) in [5.74, 6) is 0. The molecule has 3 heteroatoms. The first-order chi connectivity index (χ1) is 1.91. The molecule has 0 aromatic heterocycles. The Morgan fingerprint density at radius 1 is 2.00 bits per heavy atom. The number of hydrogen-bond donors (Lipinski definition) is 1.